The van der Waals surface area contributed by atoms with Gasteiger partial charge >= 0.3 is 5.97 Å². The van der Waals surface area contributed by atoms with Gasteiger partial charge in [-0.25, -0.2) is 13.2 Å². The van der Waals surface area contributed by atoms with Crippen LogP contribution in [0.25, 0.3) is 0 Å². The maximum absolute atomic E-state index is 11.9. The van der Waals surface area contributed by atoms with E-state index in [1.54, 1.807) is 0 Å². The van der Waals surface area contributed by atoms with E-state index in [0.29, 0.717) is 12.8 Å². The summed E-state index contributed by atoms with van der Waals surface area (Å²) in [5, 5.41) is 11.4. The minimum absolute atomic E-state index is 0.0862. The number of carboxylic acid groups (broad SMARTS) is 1. The Kier molecular flexibility index (Phi) is 5.70. The predicted octanol–water partition coefficient (Wildman–Crippen LogP) is 1.52. The van der Waals surface area contributed by atoms with Crippen molar-refractivity contribution in [2.45, 2.75) is 36.4 Å². The molecule has 0 aliphatic carbocycles. The number of unbranched alkanes of at least 4 members (excludes halogenated alkanes) is 1. The number of carboxylic acids is 1. The summed E-state index contributed by atoms with van der Waals surface area (Å²) in [7, 11) is -3.35. The monoisotopic (exact) mass is 319 g/mol. The zero-order valence-corrected chi connectivity index (χ0v) is 12.9. The van der Waals surface area contributed by atoms with Crippen molar-refractivity contribution in [3.05, 3.63) is 17.0 Å². The summed E-state index contributed by atoms with van der Waals surface area (Å²) < 4.78 is 22.7. The number of aliphatic carboxylic acids is 1. The van der Waals surface area contributed by atoms with Gasteiger partial charge in [-0.05, 0) is 18.6 Å². The highest BCUT2D eigenvalue weighted by Gasteiger charge is 2.22. The van der Waals surface area contributed by atoms with Gasteiger partial charge in [0, 0.05) is 6.26 Å². The minimum atomic E-state index is -3.35. The largest absolute Gasteiger partial charge is 0.480 e. The van der Waals surface area contributed by atoms with Gasteiger partial charge in [-0.2, -0.15) is 0 Å². The first-order valence-electron chi connectivity index (χ1n) is 6.09. The molecular formula is C12H17NO5S2. The summed E-state index contributed by atoms with van der Waals surface area (Å²) in [5.74, 6) is -1.65. The number of hydrogen-bond acceptors (Lipinski definition) is 5. The molecule has 8 heteroatoms. The summed E-state index contributed by atoms with van der Waals surface area (Å²) in [6.07, 6.45) is 2.93. The molecule has 0 aliphatic rings. The van der Waals surface area contributed by atoms with Gasteiger partial charge < -0.3 is 10.4 Å². The normalized spacial score (nSPS) is 12.9. The van der Waals surface area contributed by atoms with E-state index in [9.17, 15) is 18.0 Å². The van der Waals surface area contributed by atoms with Gasteiger partial charge in [-0.1, -0.05) is 19.8 Å². The molecule has 20 heavy (non-hydrogen) atoms. The minimum Gasteiger partial charge on any atom is -0.480 e. The Morgan fingerprint density at radius 1 is 1.40 bits per heavy atom. The number of amides is 1. The summed E-state index contributed by atoms with van der Waals surface area (Å²) >= 11 is 0.833. The van der Waals surface area contributed by atoms with Crippen molar-refractivity contribution in [1.82, 2.24) is 5.32 Å². The maximum atomic E-state index is 11.9. The number of sulfone groups is 1. The fraction of sp³-hybridized carbons (Fsp3) is 0.500. The molecule has 1 heterocycles. The van der Waals surface area contributed by atoms with Crippen LogP contribution in [0.5, 0.6) is 0 Å². The Labute approximate surface area is 121 Å². The van der Waals surface area contributed by atoms with E-state index in [2.05, 4.69) is 5.32 Å². The third-order valence-corrected chi connectivity index (χ3v) is 5.52. The predicted molar refractivity (Wildman–Crippen MR) is 75.8 cm³/mol. The van der Waals surface area contributed by atoms with Crippen LogP contribution >= 0.6 is 11.3 Å². The van der Waals surface area contributed by atoms with E-state index in [1.807, 2.05) is 6.92 Å². The molecule has 1 unspecified atom stereocenters. The lowest BCUT2D eigenvalue weighted by Gasteiger charge is -2.13. The number of thiophene rings is 1. The summed E-state index contributed by atoms with van der Waals surface area (Å²) in [4.78, 5) is 23.1. The first kappa shape index (κ1) is 16.6. The first-order chi connectivity index (χ1) is 9.25. The van der Waals surface area contributed by atoms with E-state index < -0.39 is 27.8 Å². The van der Waals surface area contributed by atoms with Gasteiger partial charge in [0.05, 0.1) is 4.88 Å². The molecular weight excluding hydrogens is 302 g/mol. The molecule has 0 aromatic carbocycles. The second-order valence-corrected chi connectivity index (χ2v) is 7.72. The lowest BCUT2D eigenvalue weighted by molar-refractivity contribution is -0.139. The van der Waals surface area contributed by atoms with Crippen molar-refractivity contribution < 1.29 is 23.1 Å². The molecule has 1 rings (SSSR count). The zero-order chi connectivity index (χ0) is 15.3. The van der Waals surface area contributed by atoms with Gasteiger partial charge in [-0.15, -0.1) is 11.3 Å². The summed E-state index contributed by atoms with van der Waals surface area (Å²) in [6.45, 7) is 1.93. The highest BCUT2D eigenvalue weighted by molar-refractivity contribution is 7.92. The molecule has 0 bridgehead atoms. The van der Waals surface area contributed by atoms with E-state index in [1.165, 1.54) is 12.1 Å². The third-order valence-electron chi connectivity index (χ3n) is 2.62. The van der Waals surface area contributed by atoms with Crippen LogP contribution in [-0.4, -0.2) is 37.7 Å². The molecule has 1 aromatic heterocycles. The lowest BCUT2D eigenvalue weighted by atomic mass is 10.1. The molecule has 0 spiro atoms. The zero-order valence-electron chi connectivity index (χ0n) is 11.3. The molecule has 0 fully saturated rings. The molecule has 0 radical (unpaired) electrons. The van der Waals surface area contributed by atoms with Crippen molar-refractivity contribution in [3.63, 3.8) is 0 Å². The van der Waals surface area contributed by atoms with Crippen molar-refractivity contribution >= 4 is 33.1 Å². The Bertz CT molecular complexity index is 591. The number of nitrogens with one attached hydrogen (secondary N) is 1. The van der Waals surface area contributed by atoms with E-state index in [0.717, 1.165) is 24.0 Å². The van der Waals surface area contributed by atoms with Crippen LogP contribution in [0.3, 0.4) is 0 Å². The first-order valence-corrected chi connectivity index (χ1v) is 8.80. The number of hydrogen-bond donors (Lipinski definition) is 2. The van der Waals surface area contributed by atoms with Gasteiger partial charge in [0.1, 0.15) is 10.3 Å². The molecule has 1 amide bonds. The van der Waals surface area contributed by atoms with Gasteiger partial charge in [0.25, 0.3) is 5.91 Å². The molecule has 2 N–H and O–H groups in total. The Morgan fingerprint density at radius 2 is 2.05 bits per heavy atom. The van der Waals surface area contributed by atoms with Crippen LogP contribution in [0.2, 0.25) is 0 Å². The molecule has 0 saturated carbocycles. The van der Waals surface area contributed by atoms with Crippen molar-refractivity contribution in [2.75, 3.05) is 6.26 Å². The van der Waals surface area contributed by atoms with Gasteiger partial charge in [0.2, 0.25) is 0 Å². The summed E-state index contributed by atoms with van der Waals surface area (Å²) in [5.41, 5.74) is 0. The number of carbonyl (C=O) groups is 2. The SMILES string of the molecule is CCCCC(NC(=O)c1ccc(S(C)(=O)=O)s1)C(=O)O. The number of rotatable bonds is 7. The Hall–Kier alpha value is -1.41. The fourth-order valence-corrected chi connectivity index (χ4v) is 3.37. The van der Waals surface area contributed by atoms with Gasteiger partial charge in [-0.3, -0.25) is 4.79 Å². The van der Waals surface area contributed by atoms with E-state index in [4.69, 9.17) is 5.11 Å². The van der Waals surface area contributed by atoms with E-state index >= 15 is 0 Å². The fourth-order valence-electron chi connectivity index (χ4n) is 1.54. The van der Waals surface area contributed by atoms with Crippen molar-refractivity contribution in [3.8, 4) is 0 Å². The molecule has 1 aromatic rings. The second kappa shape index (κ2) is 6.85. The average molecular weight is 319 g/mol. The molecule has 112 valence electrons. The number of carbonyl (C=O) groups excluding carboxylic acids is 1. The third kappa shape index (κ3) is 4.61. The highest BCUT2D eigenvalue weighted by atomic mass is 32.2. The highest BCUT2D eigenvalue weighted by Crippen LogP contribution is 2.21. The Balaban J connectivity index is 2.79. The van der Waals surface area contributed by atoms with Crippen LogP contribution < -0.4 is 5.32 Å². The van der Waals surface area contributed by atoms with Crippen LogP contribution in [0.4, 0.5) is 0 Å². The smallest absolute Gasteiger partial charge is 0.326 e. The molecule has 0 saturated heterocycles. The molecule has 0 aliphatic heterocycles. The van der Waals surface area contributed by atoms with Crippen LogP contribution in [0.15, 0.2) is 16.3 Å². The maximum Gasteiger partial charge on any atom is 0.326 e. The van der Waals surface area contributed by atoms with Crippen LogP contribution in [0, 0.1) is 0 Å². The molecule has 1 atom stereocenters. The quantitative estimate of drug-likeness (QED) is 0.793. The second-order valence-electron chi connectivity index (χ2n) is 4.40. The topological polar surface area (TPSA) is 101 Å². The van der Waals surface area contributed by atoms with E-state index in [-0.39, 0.29) is 9.09 Å². The standard InChI is InChI=1S/C12H17NO5S2/c1-3-4-5-8(12(15)16)13-11(14)9-6-7-10(19-9)20(2,17)18/h6-8H,3-5H2,1-2H3,(H,13,14)(H,15,16). The summed E-state index contributed by atoms with van der Waals surface area (Å²) in [6, 6.07) is 1.78. The lowest BCUT2D eigenvalue weighted by Crippen LogP contribution is -2.40. The Morgan fingerprint density at radius 3 is 2.50 bits per heavy atom. The average Bonchev–Trinajstić information content (AvgIpc) is 2.83. The van der Waals surface area contributed by atoms with Crippen LogP contribution in [0.1, 0.15) is 35.9 Å². The van der Waals surface area contributed by atoms with Crippen molar-refractivity contribution in [2.24, 2.45) is 0 Å². The van der Waals surface area contributed by atoms with Gasteiger partial charge in [0.15, 0.2) is 9.84 Å². The molecule has 6 nitrogen and oxygen atoms in total. The van der Waals surface area contributed by atoms with Crippen LogP contribution in [-0.2, 0) is 14.6 Å². The van der Waals surface area contributed by atoms with Crippen molar-refractivity contribution in [1.29, 1.82) is 0 Å².